The number of benzene rings is 3. The number of halogens is 4. The summed E-state index contributed by atoms with van der Waals surface area (Å²) < 4.78 is 67.9. The molecule has 0 aliphatic heterocycles. The molecule has 0 saturated carbocycles. The van der Waals surface area contributed by atoms with E-state index in [1.54, 1.807) is 6.92 Å². The van der Waals surface area contributed by atoms with Crippen molar-refractivity contribution in [2.75, 3.05) is 11.5 Å². The standard InChI is InChI=1S/C21H16F4N2O2/c1-2-9-28-16-7-4-12(18(22)20(16)24)13-5-8-17(21(25)19(13)23)29-15-6-3-11(26)10-14(15)27/h2-10H,26-27H2,1H3/b9-2+. The Morgan fingerprint density at radius 2 is 1.28 bits per heavy atom. The number of nitrogens with two attached hydrogens (primary N) is 2. The van der Waals surface area contributed by atoms with E-state index >= 15 is 0 Å². The number of nitrogen functional groups attached to an aromatic ring is 2. The van der Waals surface area contributed by atoms with Crippen molar-refractivity contribution >= 4 is 11.4 Å². The minimum atomic E-state index is -1.41. The molecule has 0 radical (unpaired) electrons. The number of ether oxygens (including phenoxy) is 2. The lowest BCUT2D eigenvalue weighted by molar-refractivity contribution is 0.412. The first-order valence-corrected chi connectivity index (χ1v) is 8.40. The highest BCUT2D eigenvalue weighted by Gasteiger charge is 2.22. The summed E-state index contributed by atoms with van der Waals surface area (Å²) in [5.41, 5.74) is 10.9. The molecule has 4 nitrogen and oxygen atoms in total. The third-order valence-corrected chi connectivity index (χ3v) is 3.97. The normalized spacial score (nSPS) is 11.1. The summed E-state index contributed by atoms with van der Waals surface area (Å²) in [5.74, 6) is -6.28. The van der Waals surface area contributed by atoms with Crippen molar-refractivity contribution in [2.45, 2.75) is 6.92 Å². The number of anilines is 2. The predicted molar refractivity (Wildman–Crippen MR) is 102 cm³/mol. The second kappa shape index (κ2) is 8.14. The molecule has 0 atom stereocenters. The molecule has 3 rings (SSSR count). The van der Waals surface area contributed by atoms with Crippen LogP contribution in [0.25, 0.3) is 11.1 Å². The van der Waals surface area contributed by atoms with Gasteiger partial charge in [-0.3, -0.25) is 0 Å². The van der Waals surface area contributed by atoms with E-state index in [0.717, 1.165) is 30.5 Å². The summed E-state index contributed by atoms with van der Waals surface area (Å²) in [4.78, 5) is 0. The van der Waals surface area contributed by atoms with Crippen LogP contribution in [0.4, 0.5) is 28.9 Å². The molecule has 0 aromatic heterocycles. The Morgan fingerprint density at radius 1 is 0.724 bits per heavy atom. The van der Waals surface area contributed by atoms with Crippen molar-refractivity contribution in [2.24, 2.45) is 0 Å². The molecule has 3 aromatic carbocycles. The minimum Gasteiger partial charge on any atom is -0.462 e. The number of allylic oxidation sites excluding steroid dienone is 1. The van der Waals surface area contributed by atoms with E-state index in [1.165, 1.54) is 24.3 Å². The number of hydrogen-bond acceptors (Lipinski definition) is 4. The SMILES string of the molecule is C/C=C/Oc1ccc(-c2ccc(Oc3ccc(N)cc3N)c(F)c2F)c(F)c1F. The molecule has 0 unspecified atom stereocenters. The smallest absolute Gasteiger partial charge is 0.201 e. The van der Waals surface area contributed by atoms with E-state index in [9.17, 15) is 17.6 Å². The topological polar surface area (TPSA) is 70.5 Å². The molecule has 0 spiro atoms. The summed E-state index contributed by atoms with van der Waals surface area (Å²) in [6.07, 6.45) is 2.64. The molecular formula is C21H16F4N2O2. The van der Waals surface area contributed by atoms with Gasteiger partial charge in [-0.25, -0.2) is 8.78 Å². The summed E-state index contributed by atoms with van der Waals surface area (Å²) in [5, 5.41) is 0. The lowest BCUT2D eigenvalue weighted by Gasteiger charge is -2.13. The third kappa shape index (κ3) is 3.96. The first-order valence-electron chi connectivity index (χ1n) is 8.40. The fraction of sp³-hybridized carbons (Fsp3) is 0.0476. The van der Waals surface area contributed by atoms with Crippen LogP contribution in [0.1, 0.15) is 6.92 Å². The van der Waals surface area contributed by atoms with E-state index in [2.05, 4.69) is 0 Å². The van der Waals surface area contributed by atoms with Gasteiger partial charge in [-0.2, -0.15) is 8.78 Å². The van der Waals surface area contributed by atoms with Crippen molar-refractivity contribution in [3.63, 3.8) is 0 Å². The molecule has 150 valence electrons. The van der Waals surface area contributed by atoms with Crippen molar-refractivity contribution < 1.29 is 27.0 Å². The van der Waals surface area contributed by atoms with Crippen LogP contribution >= 0.6 is 0 Å². The molecule has 3 aromatic rings. The first-order chi connectivity index (χ1) is 13.8. The highest BCUT2D eigenvalue weighted by Crippen LogP contribution is 2.37. The van der Waals surface area contributed by atoms with Crippen LogP contribution in [0.3, 0.4) is 0 Å². The summed E-state index contributed by atoms with van der Waals surface area (Å²) >= 11 is 0. The Kier molecular flexibility index (Phi) is 5.63. The lowest BCUT2D eigenvalue weighted by Crippen LogP contribution is -2.00. The number of hydrogen-bond donors (Lipinski definition) is 2. The molecule has 29 heavy (non-hydrogen) atoms. The molecule has 0 fully saturated rings. The maximum absolute atomic E-state index is 14.6. The van der Waals surface area contributed by atoms with E-state index < -0.39 is 40.1 Å². The predicted octanol–water partition coefficient (Wildman–Crippen LogP) is 5.78. The van der Waals surface area contributed by atoms with Crippen LogP contribution < -0.4 is 20.9 Å². The highest BCUT2D eigenvalue weighted by atomic mass is 19.2. The van der Waals surface area contributed by atoms with Gasteiger partial charge in [0.1, 0.15) is 0 Å². The Morgan fingerprint density at radius 3 is 1.86 bits per heavy atom. The molecule has 0 aliphatic carbocycles. The molecule has 0 amide bonds. The zero-order valence-electron chi connectivity index (χ0n) is 15.2. The average Bonchev–Trinajstić information content (AvgIpc) is 2.69. The fourth-order valence-corrected chi connectivity index (χ4v) is 2.57. The van der Waals surface area contributed by atoms with Gasteiger partial charge in [0.25, 0.3) is 0 Å². The quantitative estimate of drug-likeness (QED) is 0.321. The summed E-state index contributed by atoms with van der Waals surface area (Å²) in [6.45, 7) is 1.63. The molecular weight excluding hydrogens is 388 g/mol. The Balaban J connectivity index is 1.98. The van der Waals surface area contributed by atoms with Gasteiger partial charge in [0.05, 0.1) is 11.9 Å². The fourth-order valence-electron chi connectivity index (χ4n) is 2.57. The van der Waals surface area contributed by atoms with Gasteiger partial charge in [-0.05, 0) is 49.4 Å². The molecule has 8 heteroatoms. The monoisotopic (exact) mass is 404 g/mol. The molecule has 0 bridgehead atoms. The number of rotatable bonds is 5. The van der Waals surface area contributed by atoms with Crippen LogP contribution in [-0.4, -0.2) is 0 Å². The van der Waals surface area contributed by atoms with Crippen LogP contribution in [0.2, 0.25) is 0 Å². The van der Waals surface area contributed by atoms with E-state index in [1.807, 2.05) is 0 Å². The second-order valence-corrected chi connectivity index (χ2v) is 5.97. The van der Waals surface area contributed by atoms with Gasteiger partial charge in [0.15, 0.2) is 28.9 Å². The van der Waals surface area contributed by atoms with Gasteiger partial charge in [0, 0.05) is 16.8 Å². The van der Waals surface area contributed by atoms with Gasteiger partial charge >= 0.3 is 0 Å². The van der Waals surface area contributed by atoms with Gasteiger partial charge in [0.2, 0.25) is 11.6 Å². The molecule has 4 N–H and O–H groups in total. The van der Waals surface area contributed by atoms with Crippen molar-refractivity contribution in [3.05, 3.63) is 78.1 Å². The van der Waals surface area contributed by atoms with Gasteiger partial charge in [-0.15, -0.1) is 0 Å². The minimum absolute atomic E-state index is 0.0629. The van der Waals surface area contributed by atoms with Gasteiger partial charge in [-0.1, -0.05) is 6.08 Å². The molecule has 0 heterocycles. The third-order valence-electron chi connectivity index (χ3n) is 3.97. The van der Waals surface area contributed by atoms with Crippen molar-refractivity contribution in [1.82, 2.24) is 0 Å². The van der Waals surface area contributed by atoms with Crippen molar-refractivity contribution in [1.29, 1.82) is 0 Å². The Hall–Kier alpha value is -3.68. The van der Waals surface area contributed by atoms with Crippen molar-refractivity contribution in [3.8, 4) is 28.4 Å². The summed E-state index contributed by atoms with van der Waals surface area (Å²) in [7, 11) is 0. The largest absolute Gasteiger partial charge is 0.462 e. The maximum atomic E-state index is 14.6. The zero-order chi connectivity index (χ0) is 21.1. The maximum Gasteiger partial charge on any atom is 0.201 e. The molecule has 0 saturated heterocycles. The first kappa shape index (κ1) is 20.1. The average molecular weight is 404 g/mol. The Bertz CT molecular complexity index is 1100. The van der Waals surface area contributed by atoms with E-state index in [-0.39, 0.29) is 17.2 Å². The van der Waals surface area contributed by atoms with Crippen LogP contribution in [0.5, 0.6) is 17.2 Å². The Labute approximate surface area is 164 Å². The second-order valence-electron chi connectivity index (χ2n) is 5.97. The molecule has 0 aliphatic rings. The van der Waals surface area contributed by atoms with E-state index in [4.69, 9.17) is 20.9 Å². The van der Waals surface area contributed by atoms with Crippen LogP contribution in [0.15, 0.2) is 54.8 Å². The lowest BCUT2D eigenvalue weighted by atomic mass is 10.0. The van der Waals surface area contributed by atoms with Gasteiger partial charge < -0.3 is 20.9 Å². The summed E-state index contributed by atoms with van der Waals surface area (Å²) in [6, 6.07) is 8.64. The van der Waals surface area contributed by atoms with Crippen LogP contribution in [0, 0.1) is 23.3 Å². The van der Waals surface area contributed by atoms with Crippen LogP contribution in [-0.2, 0) is 0 Å². The van der Waals surface area contributed by atoms with E-state index in [0.29, 0.717) is 5.69 Å². The highest BCUT2D eigenvalue weighted by molar-refractivity contribution is 5.68. The zero-order valence-corrected chi connectivity index (χ0v) is 15.2.